The molecule has 0 bridgehead atoms. The topological polar surface area (TPSA) is 218 Å². The molecule has 2 saturated heterocycles. The smallest absolute Gasteiger partial charge is 0.298 e. The summed E-state index contributed by atoms with van der Waals surface area (Å²) in [5.41, 5.74) is 18.7. The van der Waals surface area contributed by atoms with Gasteiger partial charge in [-0.15, -0.1) is 10.2 Å². The van der Waals surface area contributed by atoms with Crippen LogP contribution in [0.3, 0.4) is 0 Å². The SMILES string of the molecule is CN1CCCC(CN)C1.CN1CCCC(CNS(=O)(=O)c2nc(Nc3c4c(cc5c3CCC5)CCC4)n[nH]2)C1.C[Si](C)(C)CCOCn1nc(S(=O)(=O)Cl)nc1Nc1c2c(cc3c1CCC3)CCC2. The van der Waals surface area contributed by atoms with Crippen LogP contribution in [-0.2, 0) is 81.9 Å². The van der Waals surface area contributed by atoms with Crippen molar-refractivity contribution in [3.8, 4) is 0 Å². The normalized spacial score (nSPS) is 20.3. The molecule has 4 aliphatic carbocycles. The summed E-state index contributed by atoms with van der Waals surface area (Å²) < 4.78 is 59.1. The highest BCUT2D eigenvalue weighted by Crippen LogP contribution is 2.41. The number of hydrogen-bond donors (Lipinski definition) is 5. The Morgan fingerprint density at radius 3 is 1.77 bits per heavy atom. The van der Waals surface area contributed by atoms with E-state index in [1.807, 2.05) is 0 Å². The molecule has 2 unspecified atom stereocenters. The van der Waals surface area contributed by atoms with E-state index in [0.29, 0.717) is 31.0 Å². The highest BCUT2D eigenvalue weighted by Gasteiger charge is 2.29. The Morgan fingerprint density at radius 1 is 0.754 bits per heavy atom. The summed E-state index contributed by atoms with van der Waals surface area (Å²) in [7, 11) is 0.807. The van der Waals surface area contributed by atoms with Crippen molar-refractivity contribution in [2.45, 2.75) is 145 Å². The van der Waals surface area contributed by atoms with Gasteiger partial charge in [0.2, 0.25) is 11.9 Å². The van der Waals surface area contributed by atoms with Gasteiger partial charge in [-0.05, 0) is 199 Å². The van der Waals surface area contributed by atoms with Gasteiger partial charge >= 0.3 is 0 Å². The highest BCUT2D eigenvalue weighted by atomic mass is 35.7. The molecule has 380 valence electrons. The molecule has 2 aromatic heterocycles. The van der Waals surface area contributed by atoms with Gasteiger partial charge in [0.25, 0.3) is 29.4 Å². The summed E-state index contributed by atoms with van der Waals surface area (Å²) in [4.78, 5) is 13.1. The number of fused-ring (bicyclic) bond motifs is 4. The number of anilines is 4. The number of halogens is 1. The average Bonchev–Trinajstić information content (AvgIpc) is 4.17. The molecule has 2 fully saturated rings. The van der Waals surface area contributed by atoms with E-state index in [4.69, 9.17) is 21.2 Å². The third kappa shape index (κ3) is 13.3. The molecule has 10 rings (SSSR count). The minimum absolute atomic E-state index is 0.126. The second-order valence-electron chi connectivity index (χ2n) is 21.3. The summed E-state index contributed by atoms with van der Waals surface area (Å²) in [5, 5.41) is 17.1. The van der Waals surface area contributed by atoms with Crippen LogP contribution in [-0.4, -0.2) is 125 Å². The van der Waals surface area contributed by atoms with Gasteiger partial charge in [-0.25, -0.2) is 31.3 Å². The fourth-order valence-electron chi connectivity index (χ4n) is 10.9. The maximum absolute atomic E-state index is 12.7. The van der Waals surface area contributed by atoms with Crippen molar-refractivity contribution in [3.05, 3.63) is 56.6 Å². The minimum atomic E-state index is -4.03. The largest absolute Gasteiger partial charge is 0.359 e. The summed E-state index contributed by atoms with van der Waals surface area (Å²) >= 11 is 0. The molecule has 21 heteroatoms. The second kappa shape index (κ2) is 22.5. The van der Waals surface area contributed by atoms with Gasteiger partial charge in [0, 0.05) is 56.4 Å². The number of nitrogens with one attached hydrogen (secondary N) is 4. The molecule has 2 aliphatic heterocycles. The predicted octanol–water partition coefficient (Wildman–Crippen LogP) is 6.67. The van der Waals surface area contributed by atoms with E-state index in [1.165, 1.54) is 88.0 Å². The lowest BCUT2D eigenvalue weighted by Gasteiger charge is -2.29. The number of sulfonamides is 1. The number of benzene rings is 2. The summed E-state index contributed by atoms with van der Waals surface area (Å²) in [5.74, 6) is 1.77. The van der Waals surface area contributed by atoms with Gasteiger partial charge in [-0.1, -0.05) is 31.8 Å². The Labute approximate surface area is 415 Å². The molecule has 0 saturated carbocycles. The summed E-state index contributed by atoms with van der Waals surface area (Å²) in [6.07, 6.45) is 18.0. The van der Waals surface area contributed by atoms with Crippen LogP contribution in [0.5, 0.6) is 0 Å². The van der Waals surface area contributed by atoms with Crippen LogP contribution in [0.2, 0.25) is 25.7 Å². The highest BCUT2D eigenvalue weighted by molar-refractivity contribution is 8.13. The molecular formula is C48H75ClN12O5S2Si. The molecule has 6 aliphatic rings. The van der Waals surface area contributed by atoms with Crippen molar-refractivity contribution in [1.29, 1.82) is 0 Å². The zero-order valence-electron chi connectivity index (χ0n) is 41.4. The number of piperidine rings is 2. The van der Waals surface area contributed by atoms with Crippen LogP contribution in [0.25, 0.3) is 0 Å². The van der Waals surface area contributed by atoms with Crippen molar-refractivity contribution in [2.24, 2.45) is 17.6 Å². The minimum Gasteiger partial charge on any atom is -0.359 e. The Kier molecular flexibility index (Phi) is 16.9. The fraction of sp³-hybridized carbons (Fsp3) is 0.667. The number of rotatable bonds is 15. The summed E-state index contributed by atoms with van der Waals surface area (Å²) in [6, 6.07) is 5.75. The Balaban J connectivity index is 0.000000158. The number of aromatic nitrogens is 6. The first-order chi connectivity index (χ1) is 32.9. The molecule has 2 aromatic carbocycles. The number of H-pyrrole nitrogens is 1. The Bertz CT molecular complexity index is 2590. The zero-order chi connectivity index (χ0) is 48.9. The monoisotopic (exact) mass is 1030 g/mol. The first-order valence-corrected chi connectivity index (χ1v) is 32.8. The maximum Gasteiger partial charge on any atom is 0.298 e. The lowest BCUT2D eigenvalue weighted by molar-refractivity contribution is 0.0792. The van der Waals surface area contributed by atoms with Gasteiger partial charge in [0.15, 0.2) is 0 Å². The van der Waals surface area contributed by atoms with Crippen LogP contribution >= 0.6 is 10.7 Å². The van der Waals surface area contributed by atoms with Gasteiger partial charge in [0.05, 0.1) is 0 Å². The van der Waals surface area contributed by atoms with Crippen LogP contribution in [0.4, 0.5) is 23.3 Å². The van der Waals surface area contributed by atoms with E-state index in [1.54, 1.807) is 0 Å². The third-order valence-electron chi connectivity index (χ3n) is 14.6. The van der Waals surface area contributed by atoms with Gasteiger partial charge in [-0.2, -0.15) is 9.97 Å². The van der Waals surface area contributed by atoms with E-state index < -0.39 is 32.3 Å². The lowest BCUT2D eigenvalue weighted by atomic mass is 9.99. The number of hydrogen-bond acceptors (Lipinski definition) is 14. The van der Waals surface area contributed by atoms with Crippen LogP contribution < -0.4 is 21.1 Å². The van der Waals surface area contributed by atoms with Gasteiger partial charge in [0.1, 0.15) is 6.73 Å². The maximum atomic E-state index is 12.7. The molecule has 6 N–H and O–H groups in total. The number of nitrogens with two attached hydrogens (primary N) is 1. The van der Waals surface area contributed by atoms with E-state index in [2.05, 4.69) is 96.3 Å². The number of likely N-dealkylation sites (tertiary alicyclic amines) is 2. The van der Waals surface area contributed by atoms with Crippen LogP contribution in [0, 0.1) is 11.8 Å². The molecule has 69 heavy (non-hydrogen) atoms. The molecule has 0 amide bonds. The molecule has 4 aromatic rings. The van der Waals surface area contributed by atoms with Crippen molar-refractivity contribution in [2.75, 3.05) is 70.6 Å². The van der Waals surface area contributed by atoms with Crippen molar-refractivity contribution >= 4 is 61.1 Å². The van der Waals surface area contributed by atoms with E-state index in [-0.39, 0.29) is 11.9 Å². The quantitative estimate of drug-likeness (QED) is 0.0478. The van der Waals surface area contributed by atoms with Crippen LogP contribution in [0.15, 0.2) is 22.4 Å². The molecule has 0 spiro atoms. The first-order valence-electron chi connectivity index (χ1n) is 25.3. The molecule has 2 atom stereocenters. The number of aryl methyl sites for hydroxylation is 4. The number of ether oxygens (including phenoxy) is 1. The molecule has 0 radical (unpaired) electrons. The second-order valence-corrected chi connectivity index (χ2v) is 31.1. The van der Waals surface area contributed by atoms with Gasteiger partial charge in [-0.3, -0.25) is 0 Å². The van der Waals surface area contributed by atoms with Gasteiger partial charge < -0.3 is 30.9 Å². The summed E-state index contributed by atoms with van der Waals surface area (Å²) in [6.45, 7) is 13.3. The first kappa shape index (κ1) is 51.9. The van der Waals surface area contributed by atoms with E-state index in [9.17, 15) is 16.8 Å². The average molecular weight is 1030 g/mol. The molecule has 17 nitrogen and oxygen atoms in total. The van der Waals surface area contributed by atoms with E-state index >= 15 is 0 Å². The Morgan fingerprint density at radius 2 is 1.28 bits per heavy atom. The lowest BCUT2D eigenvalue weighted by Crippen LogP contribution is -2.39. The van der Waals surface area contributed by atoms with Crippen LogP contribution in [0.1, 0.15) is 95.9 Å². The number of aromatic amines is 1. The third-order valence-corrected chi connectivity index (χ3v) is 18.5. The predicted molar refractivity (Wildman–Crippen MR) is 276 cm³/mol. The molecule has 4 heterocycles. The van der Waals surface area contributed by atoms with Crippen molar-refractivity contribution in [1.82, 2.24) is 44.5 Å². The molecular weight excluding hydrogens is 952 g/mol. The standard InChI is InChI=1S/C21H30N6O2S.C20H29ClN4O3SSi.C7H16N2/c1-27-10-4-5-14(13-27)12-22-30(28,29)21-24-20(25-26-21)23-19-17-8-2-6-15(17)11-16-7-3-9-18(16)19;1-30(2,3)11-10-28-13-25-19(23-20(24-25)29(21,26)27)22-18-16-8-4-6-14(16)12-15-7-5-9-17(15)18;1-9-4-2-3-7(5-8)6-9/h11,14,22H,2-10,12-13H2,1H3,(H2,23,24,25,26);12H,4-11,13H2,1-3H3,(H,22,23,24);7H,2-6,8H2,1H3. The van der Waals surface area contributed by atoms with Crippen molar-refractivity contribution in [3.63, 3.8) is 0 Å². The Hall–Kier alpha value is -3.47. The van der Waals surface area contributed by atoms with Crippen molar-refractivity contribution < 1.29 is 21.6 Å². The van der Waals surface area contributed by atoms with E-state index in [0.717, 1.165) is 120 Å². The zero-order valence-corrected chi connectivity index (χ0v) is 44.8. The number of nitrogens with zero attached hydrogens (tertiary/aromatic N) is 7. The fourth-order valence-corrected chi connectivity index (χ4v) is 13.2.